The molecule has 0 aliphatic rings. The monoisotopic (exact) mass is 767 g/mol. The molecule has 0 aliphatic carbocycles. The van der Waals surface area contributed by atoms with E-state index in [1.807, 2.05) is 74.5 Å². The van der Waals surface area contributed by atoms with Gasteiger partial charge < -0.3 is 50.5 Å². The van der Waals surface area contributed by atoms with E-state index >= 15 is 0 Å². The lowest BCUT2D eigenvalue weighted by Crippen LogP contribution is -2.39. The maximum atomic E-state index is 12.7. The molecule has 1 unspecified atom stereocenters. The lowest BCUT2D eigenvalue weighted by molar-refractivity contribution is -0.138. The highest BCUT2D eigenvalue weighted by molar-refractivity contribution is 6.00. The summed E-state index contributed by atoms with van der Waals surface area (Å²) in [6.07, 6.45) is 2.25. The van der Waals surface area contributed by atoms with Crippen LogP contribution >= 0.6 is 0 Å². The molecule has 304 valence electrons. The Morgan fingerprint density at radius 1 is 0.745 bits per heavy atom. The second kappa shape index (κ2) is 28.7. The molecule has 0 aliphatic heterocycles. The van der Waals surface area contributed by atoms with Gasteiger partial charge >= 0.3 is 5.97 Å². The molecule has 3 aromatic rings. The van der Waals surface area contributed by atoms with E-state index in [1.54, 1.807) is 7.05 Å². The maximum absolute atomic E-state index is 12.7. The summed E-state index contributed by atoms with van der Waals surface area (Å²) in [5.41, 5.74) is 8.11. The Hall–Kier alpha value is -4.76. The van der Waals surface area contributed by atoms with Crippen molar-refractivity contribution in [3.05, 3.63) is 66.2 Å². The van der Waals surface area contributed by atoms with Gasteiger partial charge in [0.05, 0.1) is 65.3 Å². The van der Waals surface area contributed by atoms with Crippen molar-refractivity contribution in [3.63, 3.8) is 0 Å². The van der Waals surface area contributed by atoms with Gasteiger partial charge in [-0.3, -0.25) is 19.4 Å². The first-order chi connectivity index (χ1) is 26.8. The number of benzene rings is 3. The number of aliphatic imine (C=N–C) groups is 1. The molecule has 0 radical (unpaired) electrons. The van der Waals surface area contributed by atoms with Gasteiger partial charge in [0.2, 0.25) is 11.8 Å². The number of guanidine groups is 1. The first kappa shape index (κ1) is 46.4. The highest BCUT2D eigenvalue weighted by Gasteiger charge is 2.19. The first-order valence-electron chi connectivity index (χ1n) is 19.1. The van der Waals surface area contributed by atoms with Crippen LogP contribution in [0.25, 0.3) is 21.9 Å². The van der Waals surface area contributed by atoms with Crippen molar-refractivity contribution in [1.29, 1.82) is 0 Å². The lowest BCUT2D eigenvalue weighted by Gasteiger charge is -2.19. The van der Waals surface area contributed by atoms with Gasteiger partial charge in [-0.25, -0.2) is 0 Å². The summed E-state index contributed by atoms with van der Waals surface area (Å²) in [5, 5.41) is 19.8. The highest BCUT2D eigenvalue weighted by atomic mass is 16.6. The van der Waals surface area contributed by atoms with Gasteiger partial charge in [0.1, 0.15) is 12.4 Å². The van der Waals surface area contributed by atoms with Crippen LogP contribution in [0.4, 0.5) is 0 Å². The van der Waals surface area contributed by atoms with Crippen molar-refractivity contribution in [1.82, 2.24) is 16.0 Å². The third kappa shape index (κ3) is 18.9. The molecular weight excluding hydrogens is 706 g/mol. The van der Waals surface area contributed by atoms with Crippen LogP contribution in [-0.2, 0) is 33.3 Å². The van der Waals surface area contributed by atoms with Gasteiger partial charge in [-0.1, -0.05) is 75.4 Å². The molecule has 0 bridgehead atoms. The van der Waals surface area contributed by atoms with Crippen LogP contribution in [0.15, 0.2) is 65.7 Å². The number of carboxylic acids is 1. The molecule has 0 spiro atoms. The first-order valence-corrected chi connectivity index (χ1v) is 19.1. The normalized spacial score (nSPS) is 11.7. The summed E-state index contributed by atoms with van der Waals surface area (Å²) in [6, 6.07) is 18.5. The molecule has 0 heterocycles. The summed E-state index contributed by atoms with van der Waals surface area (Å²) < 4.78 is 28.1. The number of carboxylic acid groups (broad SMARTS) is 1. The lowest BCUT2D eigenvalue weighted by atomic mass is 9.95. The standard InChI is InChI=1S/C39H55N5O9.C2H6/c1-3-18-49-19-20-50-21-22-51-23-24-52-25-26-53-35-16-15-31(32-8-4-5-9-33(32)35)29-11-13-30(14-12-29)34(27-38(47)48)44-37(46)28-43-36(45)10-6-7-17-42-39(40)41-2;1-2/h4-5,8-9,11-16,34H,3,6-7,10,17-28H2,1-2H3,(H,43,45)(H,44,46)(H,47,48)(H3,40,41,42);1-2H3. The van der Waals surface area contributed by atoms with E-state index in [0.29, 0.717) is 83.8 Å². The number of carbonyl (C=O) groups excluding carboxylic acids is 2. The number of carbonyl (C=O) groups is 3. The maximum Gasteiger partial charge on any atom is 0.305 e. The average Bonchev–Trinajstić information content (AvgIpc) is 3.20. The van der Waals surface area contributed by atoms with Crippen LogP contribution < -0.4 is 26.4 Å². The van der Waals surface area contributed by atoms with E-state index in [-0.39, 0.29) is 25.3 Å². The molecule has 0 fully saturated rings. The van der Waals surface area contributed by atoms with Crippen LogP contribution in [0.5, 0.6) is 5.75 Å². The fourth-order valence-electron chi connectivity index (χ4n) is 5.31. The molecule has 2 amide bonds. The van der Waals surface area contributed by atoms with E-state index < -0.39 is 17.9 Å². The zero-order valence-electron chi connectivity index (χ0n) is 32.9. The van der Waals surface area contributed by atoms with Crippen molar-refractivity contribution in [2.45, 2.75) is 58.9 Å². The quantitative estimate of drug-likeness (QED) is 0.0405. The highest BCUT2D eigenvalue weighted by Crippen LogP contribution is 2.35. The van der Waals surface area contributed by atoms with Gasteiger partial charge in [0, 0.05) is 32.0 Å². The van der Waals surface area contributed by atoms with E-state index in [4.69, 9.17) is 29.4 Å². The van der Waals surface area contributed by atoms with E-state index in [2.05, 4.69) is 27.9 Å². The Bertz CT molecular complexity index is 1570. The molecule has 0 aromatic heterocycles. The van der Waals surface area contributed by atoms with Gasteiger partial charge in [-0.05, 0) is 47.4 Å². The number of nitrogens with one attached hydrogen (secondary N) is 3. The number of hydrogen-bond acceptors (Lipinski definition) is 9. The van der Waals surface area contributed by atoms with Gasteiger partial charge in [-0.2, -0.15) is 0 Å². The number of hydrogen-bond donors (Lipinski definition) is 5. The van der Waals surface area contributed by atoms with Crippen LogP contribution in [0.1, 0.15) is 64.5 Å². The van der Waals surface area contributed by atoms with Crippen molar-refractivity contribution < 1.29 is 43.2 Å². The molecular formula is C41H61N5O9. The van der Waals surface area contributed by atoms with Crippen LogP contribution in [0.3, 0.4) is 0 Å². The number of fused-ring (bicyclic) bond motifs is 1. The Morgan fingerprint density at radius 3 is 1.95 bits per heavy atom. The summed E-state index contributed by atoms with van der Waals surface area (Å²) in [7, 11) is 1.58. The fourth-order valence-corrected chi connectivity index (χ4v) is 5.31. The number of unbranched alkanes of at least 4 members (excludes halogenated alkanes) is 1. The fraction of sp³-hybridized carbons (Fsp3) is 0.512. The van der Waals surface area contributed by atoms with Crippen LogP contribution in [0, 0.1) is 0 Å². The molecule has 0 saturated carbocycles. The smallest absolute Gasteiger partial charge is 0.305 e. The van der Waals surface area contributed by atoms with E-state index in [1.165, 1.54) is 0 Å². The summed E-state index contributed by atoms with van der Waals surface area (Å²) in [6.45, 7) is 11.1. The summed E-state index contributed by atoms with van der Waals surface area (Å²) >= 11 is 0. The third-order valence-electron chi connectivity index (χ3n) is 8.00. The number of nitrogens with two attached hydrogens (primary N) is 1. The second-order valence-corrected chi connectivity index (χ2v) is 12.1. The Morgan fingerprint density at radius 2 is 1.35 bits per heavy atom. The number of nitrogens with zero attached hydrogens (tertiary/aromatic N) is 1. The third-order valence-corrected chi connectivity index (χ3v) is 8.00. The van der Waals surface area contributed by atoms with Crippen molar-refractivity contribution in [2.75, 3.05) is 79.6 Å². The molecule has 55 heavy (non-hydrogen) atoms. The number of ether oxygens (including phenoxy) is 5. The van der Waals surface area contributed by atoms with Crippen molar-refractivity contribution in [3.8, 4) is 16.9 Å². The van der Waals surface area contributed by atoms with Crippen molar-refractivity contribution in [2.24, 2.45) is 10.7 Å². The molecule has 0 saturated heterocycles. The summed E-state index contributed by atoms with van der Waals surface area (Å²) in [4.78, 5) is 40.4. The summed E-state index contributed by atoms with van der Waals surface area (Å²) in [5.74, 6) is -0.731. The van der Waals surface area contributed by atoms with Crippen LogP contribution in [-0.4, -0.2) is 108 Å². The van der Waals surface area contributed by atoms with Gasteiger partial charge in [0.15, 0.2) is 5.96 Å². The largest absolute Gasteiger partial charge is 0.491 e. The van der Waals surface area contributed by atoms with Crippen LogP contribution in [0.2, 0.25) is 0 Å². The van der Waals surface area contributed by atoms with E-state index in [0.717, 1.165) is 40.7 Å². The number of amides is 2. The number of rotatable bonds is 27. The Labute approximate surface area is 325 Å². The molecule has 14 heteroatoms. The Balaban J connectivity index is 0.00000514. The SMILES string of the molecule is CC.CCCOCCOCCOCCOCCOc1ccc(-c2ccc(C(CC(=O)O)NC(=O)CNC(=O)CCCCNC(N)=NC)cc2)c2ccccc12. The molecule has 14 nitrogen and oxygen atoms in total. The zero-order chi connectivity index (χ0) is 40.1. The van der Waals surface area contributed by atoms with Gasteiger partial charge in [0.25, 0.3) is 0 Å². The zero-order valence-corrected chi connectivity index (χ0v) is 32.9. The average molecular weight is 768 g/mol. The van der Waals surface area contributed by atoms with E-state index in [9.17, 15) is 19.5 Å². The predicted molar refractivity (Wildman–Crippen MR) is 215 cm³/mol. The molecule has 1 atom stereocenters. The Kier molecular flexibility index (Phi) is 24.2. The minimum Gasteiger partial charge on any atom is -0.491 e. The predicted octanol–water partition coefficient (Wildman–Crippen LogP) is 4.84. The van der Waals surface area contributed by atoms with Crippen molar-refractivity contribution >= 4 is 34.5 Å². The van der Waals surface area contributed by atoms with Gasteiger partial charge in [-0.15, -0.1) is 0 Å². The minimum absolute atomic E-state index is 0.248. The molecule has 3 rings (SSSR count). The molecule has 3 aromatic carbocycles. The topological polar surface area (TPSA) is 192 Å². The molecule has 6 N–H and O–H groups in total. The number of aliphatic carboxylic acids is 1. The minimum atomic E-state index is -1.06. The second-order valence-electron chi connectivity index (χ2n) is 12.1.